The molecule has 1 atom stereocenters. The number of hydrogen-bond donors (Lipinski definition) is 2. The van der Waals surface area contributed by atoms with Gasteiger partial charge < -0.3 is 19.6 Å². The molecule has 0 saturated heterocycles. The van der Waals surface area contributed by atoms with Crippen molar-refractivity contribution in [3.63, 3.8) is 0 Å². The highest BCUT2D eigenvalue weighted by atomic mass is 16.5. The van der Waals surface area contributed by atoms with Crippen LogP contribution in [0.25, 0.3) is 11.1 Å². The van der Waals surface area contributed by atoms with Crippen LogP contribution in [0.1, 0.15) is 29.0 Å². The van der Waals surface area contributed by atoms with Gasteiger partial charge in [0.2, 0.25) is 0 Å². The van der Waals surface area contributed by atoms with Gasteiger partial charge in [-0.3, -0.25) is 0 Å². The van der Waals surface area contributed by atoms with Crippen LogP contribution in [0.3, 0.4) is 0 Å². The molecule has 0 aliphatic heterocycles. The van der Waals surface area contributed by atoms with Crippen molar-refractivity contribution in [2.45, 2.75) is 13.0 Å². The van der Waals surface area contributed by atoms with Crippen LogP contribution in [0, 0.1) is 0 Å². The summed E-state index contributed by atoms with van der Waals surface area (Å²) in [5.41, 5.74) is 2.30. The quantitative estimate of drug-likeness (QED) is 0.495. The maximum Gasteiger partial charge on any atom is 0.354 e. The van der Waals surface area contributed by atoms with Crippen molar-refractivity contribution < 1.29 is 19.1 Å². The van der Waals surface area contributed by atoms with Crippen molar-refractivity contribution in [3.8, 4) is 11.5 Å². The first kappa shape index (κ1) is 17.5. The molecule has 0 bridgehead atoms. The van der Waals surface area contributed by atoms with E-state index in [-0.39, 0.29) is 11.7 Å². The molecule has 4 aromatic rings. The van der Waals surface area contributed by atoms with Crippen LogP contribution in [0.4, 0.5) is 6.01 Å². The largest absolute Gasteiger partial charge is 0.477 e. The molecule has 2 heterocycles. The molecule has 0 radical (unpaired) electrons. The molecule has 140 valence electrons. The van der Waals surface area contributed by atoms with Crippen LogP contribution < -0.4 is 10.1 Å². The molecular weight excluding hydrogens is 358 g/mol. The Hall–Kier alpha value is -3.87. The standard InChI is InChI=1S/C21H17N3O4/c1-13(14-5-3-2-4-6-14)23-21-24-17-8-7-15(12-19(17)28-21)27-16-9-10-22-18(11-16)20(25)26/h2-13H,1H3,(H,23,24)(H,25,26)/t13-/m0/s1. The van der Waals surface area contributed by atoms with E-state index in [0.717, 1.165) is 5.56 Å². The topological polar surface area (TPSA) is 97.5 Å². The Labute approximate surface area is 160 Å². The first-order chi connectivity index (χ1) is 13.6. The Balaban J connectivity index is 1.53. The second kappa shape index (κ2) is 7.40. The van der Waals surface area contributed by atoms with Crippen LogP contribution in [-0.2, 0) is 0 Å². The monoisotopic (exact) mass is 375 g/mol. The third kappa shape index (κ3) is 3.78. The lowest BCUT2D eigenvalue weighted by Crippen LogP contribution is -2.06. The highest BCUT2D eigenvalue weighted by Gasteiger charge is 2.12. The number of nitrogens with one attached hydrogen (secondary N) is 1. The molecule has 0 unspecified atom stereocenters. The van der Waals surface area contributed by atoms with Gasteiger partial charge in [0.15, 0.2) is 11.3 Å². The molecule has 0 aliphatic carbocycles. The first-order valence-corrected chi connectivity index (χ1v) is 8.68. The summed E-state index contributed by atoms with van der Waals surface area (Å²) in [4.78, 5) is 19.2. The minimum atomic E-state index is -1.11. The Bertz CT molecular complexity index is 1120. The zero-order valence-corrected chi connectivity index (χ0v) is 15.0. The highest BCUT2D eigenvalue weighted by Crippen LogP contribution is 2.28. The van der Waals surface area contributed by atoms with Crippen molar-refractivity contribution in [2.24, 2.45) is 0 Å². The molecule has 7 heteroatoms. The van der Waals surface area contributed by atoms with Crippen molar-refractivity contribution in [1.29, 1.82) is 0 Å². The Morgan fingerprint density at radius 2 is 1.89 bits per heavy atom. The van der Waals surface area contributed by atoms with Gasteiger partial charge >= 0.3 is 5.97 Å². The molecule has 2 N–H and O–H groups in total. The van der Waals surface area contributed by atoms with E-state index in [9.17, 15) is 4.79 Å². The SMILES string of the molecule is C[C@H](Nc1nc2ccc(Oc3ccnc(C(=O)O)c3)cc2o1)c1ccccc1. The van der Waals surface area contributed by atoms with E-state index in [1.807, 2.05) is 37.3 Å². The van der Waals surface area contributed by atoms with E-state index in [1.165, 1.54) is 12.3 Å². The van der Waals surface area contributed by atoms with Gasteiger partial charge in [-0.25, -0.2) is 9.78 Å². The second-order valence-electron chi connectivity index (χ2n) is 6.21. The number of carbonyl (C=O) groups is 1. The van der Waals surface area contributed by atoms with Gasteiger partial charge in [-0.1, -0.05) is 30.3 Å². The Kier molecular flexibility index (Phi) is 4.63. The average molecular weight is 375 g/mol. The zero-order valence-electron chi connectivity index (χ0n) is 15.0. The van der Waals surface area contributed by atoms with Crippen LogP contribution >= 0.6 is 0 Å². The van der Waals surface area contributed by atoms with Gasteiger partial charge in [0, 0.05) is 18.3 Å². The van der Waals surface area contributed by atoms with Gasteiger partial charge in [-0.15, -0.1) is 0 Å². The van der Waals surface area contributed by atoms with Crippen LogP contribution in [0.5, 0.6) is 11.5 Å². The summed E-state index contributed by atoms with van der Waals surface area (Å²) in [5, 5.41) is 12.3. The van der Waals surface area contributed by atoms with E-state index in [0.29, 0.717) is 28.6 Å². The summed E-state index contributed by atoms with van der Waals surface area (Å²) >= 11 is 0. The van der Waals surface area contributed by atoms with Crippen molar-refractivity contribution in [1.82, 2.24) is 9.97 Å². The number of pyridine rings is 1. The smallest absolute Gasteiger partial charge is 0.354 e. The van der Waals surface area contributed by atoms with Gasteiger partial charge in [-0.2, -0.15) is 4.98 Å². The van der Waals surface area contributed by atoms with E-state index < -0.39 is 5.97 Å². The van der Waals surface area contributed by atoms with Crippen LogP contribution in [0.15, 0.2) is 71.3 Å². The number of aromatic carboxylic acids is 1. The predicted octanol–water partition coefficient (Wildman–Crippen LogP) is 4.89. The second-order valence-corrected chi connectivity index (χ2v) is 6.21. The molecule has 0 fully saturated rings. The fourth-order valence-corrected chi connectivity index (χ4v) is 2.77. The number of fused-ring (bicyclic) bond motifs is 1. The number of benzene rings is 2. The number of carboxylic acid groups (broad SMARTS) is 1. The molecule has 0 spiro atoms. The molecular formula is C21H17N3O4. The van der Waals surface area contributed by atoms with Gasteiger partial charge in [0.05, 0.1) is 6.04 Å². The van der Waals surface area contributed by atoms with E-state index in [2.05, 4.69) is 15.3 Å². The maximum absolute atomic E-state index is 11.0. The van der Waals surface area contributed by atoms with Crippen molar-refractivity contribution >= 4 is 23.1 Å². The number of oxazole rings is 1. The van der Waals surface area contributed by atoms with Crippen LogP contribution in [-0.4, -0.2) is 21.0 Å². The lowest BCUT2D eigenvalue weighted by molar-refractivity contribution is 0.0690. The van der Waals surface area contributed by atoms with Crippen LogP contribution in [0.2, 0.25) is 0 Å². The van der Waals surface area contributed by atoms with Gasteiger partial charge in [0.25, 0.3) is 6.01 Å². The molecule has 0 amide bonds. The normalized spacial score (nSPS) is 11.9. The molecule has 4 rings (SSSR count). The molecule has 0 aliphatic rings. The lowest BCUT2D eigenvalue weighted by atomic mass is 10.1. The molecule has 0 saturated carbocycles. The predicted molar refractivity (Wildman–Crippen MR) is 104 cm³/mol. The summed E-state index contributed by atoms with van der Waals surface area (Å²) in [5.74, 6) is -0.226. The summed E-state index contributed by atoms with van der Waals surface area (Å²) in [6.07, 6.45) is 1.39. The Morgan fingerprint density at radius 1 is 1.11 bits per heavy atom. The molecule has 28 heavy (non-hydrogen) atoms. The number of hydrogen-bond acceptors (Lipinski definition) is 6. The summed E-state index contributed by atoms with van der Waals surface area (Å²) in [6.45, 7) is 2.03. The zero-order chi connectivity index (χ0) is 19.5. The van der Waals surface area contributed by atoms with Crippen molar-refractivity contribution in [2.75, 3.05) is 5.32 Å². The number of anilines is 1. The Morgan fingerprint density at radius 3 is 2.68 bits per heavy atom. The summed E-state index contributed by atoms with van der Waals surface area (Å²) < 4.78 is 11.5. The molecule has 2 aromatic heterocycles. The fraction of sp³-hybridized carbons (Fsp3) is 0.0952. The molecule has 2 aromatic carbocycles. The average Bonchev–Trinajstić information content (AvgIpc) is 3.10. The number of carboxylic acids is 1. The number of nitrogens with zero attached hydrogens (tertiary/aromatic N) is 2. The van der Waals surface area contributed by atoms with Crippen molar-refractivity contribution in [3.05, 3.63) is 78.1 Å². The minimum Gasteiger partial charge on any atom is -0.477 e. The first-order valence-electron chi connectivity index (χ1n) is 8.68. The number of rotatable bonds is 6. The third-order valence-electron chi connectivity index (χ3n) is 4.19. The van der Waals surface area contributed by atoms with E-state index >= 15 is 0 Å². The van der Waals surface area contributed by atoms with E-state index in [4.69, 9.17) is 14.3 Å². The summed E-state index contributed by atoms with van der Waals surface area (Å²) in [7, 11) is 0. The third-order valence-corrected chi connectivity index (χ3v) is 4.19. The fourth-order valence-electron chi connectivity index (χ4n) is 2.77. The highest BCUT2D eigenvalue weighted by molar-refractivity contribution is 5.85. The minimum absolute atomic E-state index is 0.0382. The van der Waals surface area contributed by atoms with Gasteiger partial charge in [0.1, 0.15) is 17.0 Å². The number of ether oxygens (including phenoxy) is 1. The summed E-state index contributed by atoms with van der Waals surface area (Å²) in [6, 6.07) is 18.7. The van der Waals surface area contributed by atoms with Gasteiger partial charge in [-0.05, 0) is 30.7 Å². The number of aromatic nitrogens is 2. The van der Waals surface area contributed by atoms with E-state index in [1.54, 1.807) is 24.3 Å². The lowest BCUT2D eigenvalue weighted by Gasteiger charge is -2.11. The molecule has 7 nitrogen and oxygen atoms in total. The maximum atomic E-state index is 11.0.